The first-order chi connectivity index (χ1) is 9.51. The Morgan fingerprint density at radius 2 is 2.19 bits per heavy atom. The molecule has 0 aliphatic heterocycles. The number of ether oxygens (including phenoxy) is 1. The van der Waals surface area contributed by atoms with E-state index in [0.29, 0.717) is 10.8 Å². The first-order valence-electron chi connectivity index (χ1n) is 6.04. The van der Waals surface area contributed by atoms with Crippen LogP contribution in [0.1, 0.15) is 5.69 Å². The average molecular weight is 347 g/mol. The quantitative estimate of drug-likeness (QED) is 0.680. The molecular formula is C14H16Cl2N2O2S. The van der Waals surface area contributed by atoms with Crippen LogP contribution >= 0.6 is 35.8 Å². The number of esters is 1. The molecule has 2 aromatic rings. The van der Waals surface area contributed by atoms with Crippen molar-refractivity contribution in [2.75, 3.05) is 12.9 Å². The summed E-state index contributed by atoms with van der Waals surface area (Å²) in [6.07, 6.45) is 0. The zero-order chi connectivity index (χ0) is 14.7. The highest BCUT2D eigenvalue weighted by molar-refractivity contribution is 7.99. The summed E-state index contributed by atoms with van der Waals surface area (Å²) in [5.74, 6) is 0.0307. The van der Waals surface area contributed by atoms with E-state index in [4.69, 9.17) is 17.3 Å². The van der Waals surface area contributed by atoms with Gasteiger partial charge in [-0.3, -0.25) is 9.78 Å². The van der Waals surface area contributed by atoms with E-state index in [1.165, 1.54) is 18.9 Å². The predicted octanol–water partition coefficient (Wildman–Crippen LogP) is 3.21. The minimum absolute atomic E-state index is 0. The summed E-state index contributed by atoms with van der Waals surface area (Å²) >= 11 is 7.53. The first-order valence-corrected chi connectivity index (χ1v) is 7.40. The molecule has 2 rings (SSSR count). The van der Waals surface area contributed by atoms with Crippen LogP contribution in [0.4, 0.5) is 0 Å². The molecule has 4 nitrogen and oxygen atoms in total. The Bertz CT molecular complexity index is 652. The van der Waals surface area contributed by atoms with E-state index < -0.39 is 12.0 Å². The van der Waals surface area contributed by atoms with E-state index in [-0.39, 0.29) is 12.4 Å². The third-order valence-electron chi connectivity index (χ3n) is 2.78. The van der Waals surface area contributed by atoms with Crippen molar-refractivity contribution >= 4 is 52.6 Å². The molecule has 7 heteroatoms. The molecule has 0 bridgehead atoms. The molecule has 1 atom stereocenters. The molecule has 0 amide bonds. The van der Waals surface area contributed by atoms with Gasteiger partial charge in [0.2, 0.25) is 0 Å². The van der Waals surface area contributed by atoms with E-state index in [1.54, 1.807) is 0 Å². The highest BCUT2D eigenvalue weighted by Crippen LogP contribution is 2.30. The van der Waals surface area contributed by atoms with E-state index >= 15 is 0 Å². The van der Waals surface area contributed by atoms with Gasteiger partial charge in [-0.1, -0.05) is 11.6 Å². The van der Waals surface area contributed by atoms with Gasteiger partial charge in [0.05, 0.1) is 12.6 Å². The number of aryl methyl sites for hydroxylation is 1. The maximum absolute atomic E-state index is 11.3. The third kappa shape index (κ3) is 4.48. The van der Waals surface area contributed by atoms with E-state index in [9.17, 15) is 4.79 Å². The van der Waals surface area contributed by atoms with Crippen molar-refractivity contribution in [2.45, 2.75) is 17.9 Å². The van der Waals surface area contributed by atoms with Crippen LogP contribution in [0.15, 0.2) is 29.2 Å². The summed E-state index contributed by atoms with van der Waals surface area (Å²) in [6.45, 7) is 1.93. The first kappa shape index (κ1) is 18.0. The Balaban J connectivity index is 0.00000220. The number of benzene rings is 1. The Kier molecular flexibility index (Phi) is 6.74. The Morgan fingerprint density at radius 1 is 1.48 bits per heavy atom. The summed E-state index contributed by atoms with van der Waals surface area (Å²) < 4.78 is 4.62. The van der Waals surface area contributed by atoms with E-state index in [1.807, 2.05) is 31.2 Å². The van der Waals surface area contributed by atoms with Crippen LogP contribution in [0.25, 0.3) is 10.9 Å². The molecule has 1 aromatic carbocycles. The average Bonchev–Trinajstić information content (AvgIpc) is 2.44. The molecule has 0 aliphatic carbocycles. The van der Waals surface area contributed by atoms with Crippen LogP contribution in [0.3, 0.4) is 0 Å². The standard InChI is InChI=1S/C14H15ClN2O2S.ClH/c1-8-5-13(20-7-11(16)14(18)19-2)10-6-9(15)3-4-12(10)17-8;/h3-6,11H,7,16H2,1-2H3;1H. The molecular weight excluding hydrogens is 331 g/mol. The van der Waals surface area contributed by atoms with Gasteiger partial charge in [0, 0.05) is 26.8 Å². The zero-order valence-electron chi connectivity index (χ0n) is 11.6. The van der Waals surface area contributed by atoms with Gasteiger partial charge in [-0.05, 0) is 31.2 Å². The molecule has 114 valence electrons. The van der Waals surface area contributed by atoms with Crippen molar-refractivity contribution in [1.82, 2.24) is 4.98 Å². The van der Waals surface area contributed by atoms with Crippen molar-refractivity contribution in [3.8, 4) is 0 Å². The number of aromatic nitrogens is 1. The molecule has 0 radical (unpaired) electrons. The molecule has 1 heterocycles. The van der Waals surface area contributed by atoms with Gasteiger partial charge in [-0.25, -0.2) is 0 Å². The zero-order valence-corrected chi connectivity index (χ0v) is 14.0. The molecule has 0 spiro atoms. The maximum Gasteiger partial charge on any atom is 0.323 e. The number of carbonyl (C=O) groups is 1. The lowest BCUT2D eigenvalue weighted by Crippen LogP contribution is -2.33. The minimum Gasteiger partial charge on any atom is -0.468 e. The second-order valence-corrected chi connectivity index (χ2v) is 5.86. The van der Waals surface area contributed by atoms with Gasteiger partial charge in [0.15, 0.2) is 0 Å². The lowest BCUT2D eigenvalue weighted by Gasteiger charge is -2.11. The molecule has 2 N–H and O–H groups in total. The Morgan fingerprint density at radius 3 is 2.86 bits per heavy atom. The molecule has 0 saturated carbocycles. The van der Waals surface area contributed by atoms with Gasteiger partial charge in [-0.2, -0.15) is 0 Å². The third-order valence-corrected chi connectivity index (χ3v) is 4.19. The van der Waals surface area contributed by atoms with Crippen molar-refractivity contribution in [1.29, 1.82) is 0 Å². The smallest absolute Gasteiger partial charge is 0.323 e. The van der Waals surface area contributed by atoms with Gasteiger partial charge in [0.1, 0.15) is 6.04 Å². The lowest BCUT2D eigenvalue weighted by atomic mass is 10.2. The van der Waals surface area contributed by atoms with Crippen LogP contribution in [0.2, 0.25) is 5.02 Å². The van der Waals surface area contributed by atoms with Crippen LogP contribution < -0.4 is 5.73 Å². The number of pyridine rings is 1. The van der Waals surface area contributed by atoms with E-state index in [2.05, 4.69) is 9.72 Å². The highest BCUT2D eigenvalue weighted by atomic mass is 35.5. The summed E-state index contributed by atoms with van der Waals surface area (Å²) in [4.78, 5) is 16.8. The van der Waals surface area contributed by atoms with Crippen LogP contribution in [0.5, 0.6) is 0 Å². The summed E-state index contributed by atoms with van der Waals surface area (Å²) in [5, 5.41) is 1.62. The highest BCUT2D eigenvalue weighted by Gasteiger charge is 2.15. The van der Waals surface area contributed by atoms with Gasteiger partial charge >= 0.3 is 5.97 Å². The van der Waals surface area contributed by atoms with Crippen LogP contribution in [0, 0.1) is 6.92 Å². The largest absolute Gasteiger partial charge is 0.468 e. The Labute approximate surface area is 138 Å². The fourth-order valence-electron chi connectivity index (χ4n) is 1.81. The van der Waals surface area contributed by atoms with Crippen molar-refractivity contribution in [3.05, 3.63) is 35.0 Å². The Hall–Kier alpha value is -1.01. The summed E-state index contributed by atoms with van der Waals surface area (Å²) in [7, 11) is 1.33. The fraction of sp³-hybridized carbons (Fsp3) is 0.286. The van der Waals surface area contributed by atoms with Crippen molar-refractivity contribution in [2.24, 2.45) is 5.73 Å². The normalized spacial score (nSPS) is 11.8. The number of methoxy groups -OCH3 is 1. The second kappa shape index (κ2) is 7.84. The topological polar surface area (TPSA) is 65.2 Å². The number of fused-ring (bicyclic) bond motifs is 1. The number of thioether (sulfide) groups is 1. The number of halogens is 2. The number of hydrogen-bond acceptors (Lipinski definition) is 5. The summed E-state index contributed by atoms with van der Waals surface area (Å²) in [5.41, 5.74) is 7.54. The van der Waals surface area contributed by atoms with Crippen LogP contribution in [-0.4, -0.2) is 29.9 Å². The number of rotatable bonds is 4. The lowest BCUT2D eigenvalue weighted by molar-refractivity contribution is -0.141. The number of nitrogens with zero attached hydrogens (tertiary/aromatic N) is 1. The summed E-state index contributed by atoms with van der Waals surface area (Å²) in [6, 6.07) is 6.88. The second-order valence-electron chi connectivity index (χ2n) is 4.36. The molecule has 21 heavy (non-hydrogen) atoms. The van der Waals surface area contributed by atoms with Gasteiger partial charge in [0.25, 0.3) is 0 Å². The van der Waals surface area contributed by atoms with E-state index in [0.717, 1.165) is 21.5 Å². The van der Waals surface area contributed by atoms with Gasteiger partial charge in [-0.15, -0.1) is 24.2 Å². The molecule has 0 fully saturated rings. The number of nitrogens with two attached hydrogens (primary N) is 1. The molecule has 1 unspecified atom stereocenters. The monoisotopic (exact) mass is 346 g/mol. The fourth-order valence-corrected chi connectivity index (χ4v) is 3.05. The van der Waals surface area contributed by atoms with Gasteiger partial charge < -0.3 is 10.5 Å². The van der Waals surface area contributed by atoms with Crippen molar-refractivity contribution in [3.63, 3.8) is 0 Å². The molecule has 0 aliphatic rings. The number of hydrogen-bond donors (Lipinski definition) is 1. The van der Waals surface area contributed by atoms with Crippen LogP contribution in [-0.2, 0) is 9.53 Å². The predicted molar refractivity (Wildman–Crippen MR) is 89.5 cm³/mol. The number of carbonyl (C=O) groups excluding carboxylic acids is 1. The minimum atomic E-state index is -0.646. The maximum atomic E-state index is 11.3. The molecule has 1 aromatic heterocycles. The SMILES string of the molecule is COC(=O)C(N)CSc1cc(C)nc2ccc(Cl)cc12.Cl. The molecule has 0 saturated heterocycles. The van der Waals surface area contributed by atoms with Crippen molar-refractivity contribution < 1.29 is 9.53 Å².